The van der Waals surface area contributed by atoms with Crippen molar-refractivity contribution in [1.29, 1.82) is 0 Å². The normalized spacial score (nSPS) is 11.2. The van der Waals surface area contributed by atoms with Crippen LogP contribution in [0.3, 0.4) is 0 Å². The lowest BCUT2D eigenvalue weighted by molar-refractivity contribution is -0.384. The minimum absolute atomic E-state index is 0.0254. The number of nitro benzene ring substituents is 1. The van der Waals surface area contributed by atoms with E-state index in [1.165, 1.54) is 29.5 Å². The van der Waals surface area contributed by atoms with Gasteiger partial charge in [0.15, 0.2) is 5.13 Å². The number of hydrogen-bond donors (Lipinski definition) is 0. The van der Waals surface area contributed by atoms with Crippen molar-refractivity contribution >= 4 is 56.1 Å². The van der Waals surface area contributed by atoms with Crippen molar-refractivity contribution in [3.05, 3.63) is 94.3 Å². The van der Waals surface area contributed by atoms with E-state index in [9.17, 15) is 14.9 Å². The topological polar surface area (TPSA) is 89.2 Å². The summed E-state index contributed by atoms with van der Waals surface area (Å²) in [4.78, 5) is 35.3. The van der Waals surface area contributed by atoms with Gasteiger partial charge < -0.3 is 0 Å². The zero-order chi connectivity index (χ0) is 22.5. The molecule has 0 radical (unpaired) electrons. The molecule has 0 bridgehead atoms. The van der Waals surface area contributed by atoms with Gasteiger partial charge in [0.25, 0.3) is 11.6 Å². The molecule has 2 aromatic heterocycles. The highest BCUT2D eigenvalue weighted by Crippen LogP contribution is 2.32. The monoisotopic (exact) mass is 462 g/mol. The third kappa shape index (κ3) is 5.01. The standard InChI is InChI=1S/C23H18N4O3S2/c1-31-19-8-9-20-21(13-19)32-23(25-20)26(15-17-5-3-11-24-14-17)22(28)10-7-16-4-2-6-18(12-16)27(29)30/h2-14H,15H2,1H3/b10-7+. The molecule has 0 aliphatic rings. The third-order valence-electron chi connectivity index (χ3n) is 4.64. The van der Waals surface area contributed by atoms with Crippen LogP contribution in [-0.4, -0.2) is 27.1 Å². The van der Waals surface area contributed by atoms with E-state index < -0.39 is 4.92 Å². The van der Waals surface area contributed by atoms with Gasteiger partial charge in [0.05, 0.1) is 21.7 Å². The average Bonchev–Trinajstić information content (AvgIpc) is 3.24. The molecule has 0 N–H and O–H groups in total. The molecule has 0 aliphatic carbocycles. The summed E-state index contributed by atoms with van der Waals surface area (Å²) in [5.41, 5.74) is 2.24. The number of pyridine rings is 1. The summed E-state index contributed by atoms with van der Waals surface area (Å²) >= 11 is 3.10. The molecule has 0 atom stereocenters. The molecule has 4 aromatic rings. The minimum atomic E-state index is -0.460. The molecule has 160 valence electrons. The zero-order valence-electron chi connectivity index (χ0n) is 17.0. The Morgan fingerprint density at radius 2 is 2.09 bits per heavy atom. The van der Waals surface area contributed by atoms with Gasteiger partial charge in [0, 0.05) is 35.5 Å². The van der Waals surface area contributed by atoms with Gasteiger partial charge in [-0.15, -0.1) is 11.8 Å². The number of thiazole rings is 1. The van der Waals surface area contributed by atoms with Gasteiger partial charge in [0.2, 0.25) is 0 Å². The largest absolute Gasteiger partial charge is 0.280 e. The van der Waals surface area contributed by atoms with Gasteiger partial charge in [-0.1, -0.05) is 29.5 Å². The van der Waals surface area contributed by atoms with E-state index in [0.29, 0.717) is 17.2 Å². The Hall–Kier alpha value is -3.56. The Kier molecular flexibility index (Phi) is 6.58. The summed E-state index contributed by atoms with van der Waals surface area (Å²) < 4.78 is 0.999. The number of aromatic nitrogens is 2. The lowest BCUT2D eigenvalue weighted by Crippen LogP contribution is -2.28. The molecule has 4 rings (SSSR count). The number of thioether (sulfide) groups is 1. The van der Waals surface area contributed by atoms with Crippen LogP contribution in [0, 0.1) is 10.1 Å². The Morgan fingerprint density at radius 3 is 2.84 bits per heavy atom. The number of nitrogens with zero attached hydrogens (tertiary/aromatic N) is 4. The summed E-state index contributed by atoms with van der Waals surface area (Å²) in [7, 11) is 0. The van der Waals surface area contributed by atoms with Crippen molar-refractivity contribution in [2.24, 2.45) is 0 Å². The summed E-state index contributed by atoms with van der Waals surface area (Å²) in [6.07, 6.45) is 8.39. The quantitative estimate of drug-likeness (QED) is 0.154. The Morgan fingerprint density at radius 1 is 1.22 bits per heavy atom. The molecule has 0 saturated heterocycles. The molecule has 0 saturated carbocycles. The van der Waals surface area contributed by atoms with E-state index in [2.05, 4.69) is 16.0 Å². The van der Waals surface area contributed by atoms with Crippen molar-refractivity contribution in [1.82, 2.24) is 9.97 Å². The van der Waals surface area contributed by atoms with Crippen LogP contribution < -0.4 is 4.90 Å². The van der Waals surface area contributed by atoms with E-state index in [1.54, 1.807) is 47.3 Å². The second-order valence-corrected chi connectivity index (χ2v) is 8.69. The molecule has 2 heterocycles. The molecular formula is C23H18N4O3S2. The third-order valence-corrected chi connectivity index (χ3v) is 6.41. The van der Waals surface area contributed by atoms with Gasteiger partial charge in [-0.3, -0.25) is 24.8 Å². The number of carbonyl (C=O) groups excluding carboxylic acids is 1. The second-order valence-electron chi connectivity index (χ2n) is 6.80. The van der Waals surface area contributed by atoms with Crippen molar-refractivity contribution in [3.8, 4) is 0 Å². The second kappa shape index (κ2) is 9.71. The van der Waals surface area contributed by atoms with Crippen molar-refractivity contribution in [2.75, 3.05) is 11.2 Å². The molecule has 9 heteroatoms. The van der Waals surface area contributed by atoms with Crippen LogP contribution in [0.2, 0.25) is 0 Å². The van der Waals surface area contributed by atoms with Crippen LogP contribution in [-0.2, 0) is 11.3 Å². The van der Waals surface area contributed by atoms with Crippen LogP contribution in [0.4, 0.5) is 10.8 Å². The smallest absolute Gasteiger partial charge is 0.270 e. The fourth-order valence-electron chi connectivity index (χ4n) is 3.05. The van der Waals surface area contributed by atoms with Crippen LogP contribution >= 0.6 is 23.1 Å². The van der Waals surface area contributed by atoms with Crippen molar-refractivity contribution in [3.63, 3.8) is 0 Å². The molecule has 1 amide bonds. The minimum Gasteiger partial charge on any atom is -0.280 e. The van der Waals surface area contributed by atoms with E-state index in [0.717, 1.165) is 20.7 Å². The first kappa shape index (κ1) is 21.7. The summed E-state index contributed by atoms with van der Waals surface area (Å²) in [6, 6.07) is 15.9. The molecular weight excluding hydrogens is 444 g/mol. The number of hydrogen-bond acceptors (Lipinski definition) is 7. The van der Waals surface area contributed by atoms with Gasteiger partial charge in [-0.05, 0) is 47.7 Å². The average molecular weight is 463 g/mol. The van der Waals surface area contributed by atoms with Gasteiger partial charge >= 0.3 is 0 Å². The van der Waals surface area contributed by atoms with E-state index in [1.807, 2.05) is 30.5 Å². The maximum atomic E-state index is 13.2. The maximum absolute atomic E-state index is 13.2. The SMILES string of the molecule is CSc1ccc2nc(N(Cc3cccnc3)C(=O)/C=C/c3cccc([N+](=O)[O-])c3)sc2c1. The highest BCUT2D eigenvalue weighted by Gasteiger charge is 2.19. The van der Waals surface area contributed by atoms with Gasteiger partial charge in [0.1, 0.15) is 0 Å². The highest BCUT2D eigenvalue weighted by molar-refractivity contribution is 7.98. The molecule has 0 fully saturated rings. The molecule has 2 aromatic carbocycles. The summed E-state index contributed by atoms with van der Waals surface area (Å²) in [5.74, 6) is -0.274. The lowest BCUT2D eigenvalue weighted by atomic mass is 10.2. The van der Waals surface area contributed by atoms with Gasteiger partial charge in [-0.25, -0.2) is 4.98 Å². The molecule has 0 spiro atoms. The number of fused-ring (bicyclic) bond motifs is 1. The van der Waals surface area contributed by atoms with Crippen LogP contribution in [0.15, 0.2) is 78.0 Å². The summed E-state index contributed by atoms with van der Waals surface area (Å²) in [6.45, 7) is 0.307. The van der Waals surface area contributed by atoms with Gasteiger partial charge in [-0.2, -0.15) is 0 Å². The number of amides is 1. The van der Waals surface area contributed by atoms with E-state index >= 15 is 0 Å². The highest BCUT2D eigenvalue weighted by atomic mass is 32.2. The van der Waals surface area contributed by atoms with Crippen molar-refractivity contribution in [2.45, 2.75) is 11.4 Å². The summed E-state index contributed by atoms with van der Waals surface area (Å²) in [5, 5.41) is 11.6. The predicted molar refractivity (Wildman–Crippen MR) is 129 cm³/mol. The molecule has 32 heavy (non-hydrogen) atoms. The van der Waals surface area contributed by atoms with Crippen molar-refractivity contribution < 1.29 is 9.72 Å². The van der Waals surface area contributed by atoms with Crippen LogP contribution in [0.1, 0.15) is 11.1 Å². The number of anilines is 1. The first-order valence-electron chi connectivity index (χ1n) is 9.61. The fourth-order valence-corrected chi connectivity index (χ4v) is 4.57. The maximum Gasteiger partial charge on any atom is 0.270 e. The Bertz CT molecular complexity index is 1310. The number of non-ortho nitro benzene ring substituents is 1. The molecule has 0 aliphatic heterocycles. The van der Waals surface area contributed by atoms with Crippen LogP contribution in [0.5, 0.6) is 0 Å². The first-order valence-corrected chi connectivity index (χ1v) is 11.6. The number of nitro groups is 1. The molecule has 0 unspecified atom stereocenters. The predicted octanol–water partition coefficient (Wildman–Crippen LogP) is 5.57. The van der Waals surface area contributed by atoms with E-state index in [-0.39, 0.29) is 11.6 Å². The zero-order valence-corrected chi connectivity index (χ0v) is 18.7. The van der Waals surface area contributed by atoms with Crippen LogP contribution in [0.25, 0.3) is 16.3 Å². The number of rotatable bonds is 7. The Balaban J connectivity index is 1.67. The Labute approximate surface area is 192 Å². The number of carbonyl (C=O) groups is 1. The fraction of sp³-hybridized carbons (Fsp3) is 0.0870. The van der Waals surface area contributed by atoms with E-state index in [4.69, 9.17) is 0 Å². The number of benzene rings is 2. The first-order chi connectivity index (χ1) is 15.5. The molecule has 7 nitrogen and oxygen atoms in total. The lowest BCUT2D eigenvalue weighted by Gasteiger charge is -2.18.